The number of aromatic nitrogens is 4. The monoisotopic (exact) mass is 270 g/mol. The Labute approximate surface area is 114 Å². The largest absolute Gasteiger partial charge is 0.392 e. The SMILES string of the molecule is Nc1nc(N)c2ncn(Cc3ccc(CO)cc3)c2n1. The van der Waals surface area contributed by atoms with E-state index in [-0.39, 0.29) is 18.4 Å². The third kappa shape index (κ3) is 2.14. The Bertz CT molecular complexity index is 749. The van der Waals surface area contributed by atoms with Crippen LogP contribution in [-0.4, -0.2) is 24.6 Å². The molecule has 0 amide bonds. The van der Waals surface area contributed by atoms with Crippen molar-refractivity contribution in [2.75, 3.05) is 11.5 Å². The fourth-order valence-corrected chi connectivity index (χ4v) is 2.05. The quantitative estimate of drug-likeness (QED) is 0.639. The molecule has 2 aromatic heterocycles. The second-order valence-corrected chi connectivity index (χ2v) is 4.49. The molecule has 0 fully saturated rings. The highest BCUT2D eigenvalue weighted by molar-refractivity contribution is 5.82. The van der Waals surface area contributed by atoms with E-state index >= 15 is 0 Å². The predicted octanol–water partition coefficient (Wildman–Crippen LogP) is 0.531. The lowest BCUT2D eigenvalue weighted by atomic mass is 10.1. The molecule has 0 saturated carbocycles. The number of hydrogen-bond acceptors (Lipinski definition) is 6. The van der Waals surface area contributed by atoms with Gasteiger partial charge in [0.1, 0.15) is 5.52 Å². The van der Waals surface area contributed by atoms with Gasteiger partial charge in [0.25, 0.3) is 0 Å². The number of fused-ring (bicyclic) bond motifs is 1. The van der Waals surface area contributed by atoms with Gasteiger partial charge in [0, 0.05) is 0 Å². The highest BCUT2D eigenvalue weighted by Crippen LogP contribution is 2.18. The molecule has 0 aliphatic carbocycles. The van der Waals surface area contributed by atoms with Crippen molar-refractivity contribution < 1.29 is 5.11 Å². The minimum atomic E-state index is 0.0363. The number of aliphatic hydroxyl groups is 1. The Morgan fingerprint density at radius 1 is 1.05 bits per heavy atom. The molecular formula is C13H14N6O. The Kier molecular flexibility index (Phi) is 2.96. The van der Waals surface area contributed by atoms with Crippen LogP contribution in [0, 0.1) is 0 Å². The number of imidazole rings is 1. The highest BCUT2D eigenvalue weighted by Gasteiger charge is 2.10. The topological polar surface area (TPSA) is 116 Å². The van der Waals surface area contributed by atoms with Crippen molar-refractivity contribution in [3.63, 3.8) is 0 Å². The molecule has 0 aliphatic heterocycles. The van der Waals surface area contributed by atoms with Crippen LogP contribution in [0.3, 0.4) is 0 Å². The van der Waals surface area contributed by atoms with Crippen molar-refractivity contribution in [3.05, 3.63) is 41.7 Å². The average molecular weight is 270 g/mol. The molecule has 2 heterocycles. The fraction of sp³-hybridized carbons (Fsp3) is 0.154. The van der Waals surface area contributed by atoms with Crippen molar-refractivity contribution in [2.45, 2.75) is 13.2 Å². The van der Waals surface area contributed by atoms with Crippen molar-refractivity contribution in [1.82, 2.24) is 19.5 Å². The summed E-state index contributed by atoms with van der Waals surface area (Å²) in [5, 5.41) is 9.03. The molecule has 3 rings (SSSR count). The molecular weight excluding hydrogens is 256 g/mol. The number of nitrogens with two attached hydrogens (primary N) is 2. The van der Waals surface area contributed by atoms with E-state index in [2.05, 4.69) is 15.0 Å². The van der Waals surface area contributed by atoms with Crippen LogP contribution in [0.2, 0.25) is 0 Å². The zero-order chi connectivity index (χ0) is 14.1. The van der Waals surface area contributed by atoms with Gasteiger partial charge >= 0.3 is 0 Å². The number of rotatable bonds is 3. The number of nitrogen functional groups attached to an aromatic ring is 2. The van der Waals surface area contributed by atoms with E-state index in [0.717, 1.165) is 11.1 Å². The first-order valence-electron chi connectivity index (χ1n) is 6.10. The van der Waals surface area contributed by atoms with Crippen molar-refractivity contribution in [1.29, 1.82) is 0 Å². The maximum Gasteiger partial charge on any atom is 0.224 e. The highest BCUT2D eigenvalue weighted by atomic mass is 16.3. The molecule has 0 saturated heterocycles. The van der Waals surface area contributed by atoms with Crippen molar-refractivity contribution in [2.24, 2.45) is 0 Å². The average Bonchev–Trinajstić information content (AvgIpc) is 2.83. The van der Waals surface area contributed by atoms with Gasteiger partial charge in [0.05, 0.1) is 19.5 Å². The minimum Gasteiger partial charge on any atom is -0.392 e. The van der Waals surface area contributed by atoms with Crippen LogP contribution in [0.5, 0.6) is 0 Å². The van der Waals surface area contributed by atoms with E-state index in [9.17, 15) is 0 Å². The second-order valence-electron chi connectivity index (χ2n) is 4.49. The predicted molar refractivity (Wildman–Crippen MR) is 75.6 cm³/mol. The Morgan fingerprint density at radius 2 is 1.75 bits per heavy atom. The van der Waals surface area contributed by atoms with Gasteiger partial charge in [-0.2, -0.15) is 9.97 Å². The number of anilines is 2. The van der Waals surface area contributed by atoms with Crippen molar-refractivity contribution in [3.8, 4) is 0 Å². The number of hydrogen-bond donors (Lipinski definition) is 3. The van der Waals surface area contributed by atoms with E-state index in [4.69, 9.17) is 16.6 Å². The van der Waals surface area contributed by atoms with Crippen LogP contribution in [-0.2, 0) is 13.2 Å². The molecule has 5 N–H and O–H groups in total. The summed E-state index contributed by atoms with van der Waals surface area (Å²) in [7, 11) is 0. The first-order chi connectivity index (χ1) is 9.67. The molecule has 0 atom stereocenters. The van der Waals surface area contributed by atoms with Gasteiger partial charge in [-0.15, -0.1) is 0 Å². The van der Waals surface area contributed by atoms with Gasteiger partial charge in [-0.25, -0.2) is 4.98 Å². The molecule has 0 spiro atoms. The smallest absolute Gasteiger partial charge is 0.224 e. The molecule has 7 nitrogen and oxygen atoms in total. The van der Waals surface area contributed by atoms with Crippen LogP contribution >= 0.6 is 0 Å². The van der Waals surface area contributed by atoms with Crippen LogP contribution in [0.1, 0.15) is 11.1 Å². The van der Waals surface area contributed by atoms with Crippen LogP contribution in [0.4, 0.5) is 11.8 Å². The van der Waals surface area contributed by atoms with Gasteiger partial charge in [0.15, 0.2) is 11.5 Å². The standard InChI is InChI=1S/C13H14N6O/c14-11-10-12(18-13(15)17-11)19(7-16-10)5-8-1-3-9(6-20)4-2-8/h1-4,7,20H,5-6H2,(H4,14,15,17,18). The first-order valence-corrected chi connectivity index (χ1v) is 6.10. The molecule has 20 heavy (non-hydrogen) atoms. The zero-order valence-corrected chi connectivity index (χ0v) is 10.7. The van der Waals surface area contributed by atoms with Gasteiger partial charge in [0.2, 0.25) is 5.95 Å². The lowest BCUT2D eigenvalue weighted by Crippen LogP contribution is -2.04. The first kappa shape index (κ1) is 12.4. The van der Waals surface area contributed by atoms with Crippen molar-refractivity contribution >= 4 is 22.9 Å². The summed E-state index contributed by atoms with van der Waals surface area (Å²) >= 11 is 0. The summed E-state index contributed by atoms with van der Waals surface area (Å²) in [6.45, 7) is 0.632. The molecule has 7 heteroatoms. The van der Waals surface area contributed by atoms with Gasteiger partial charge in [-0.3, -0.25) is 0 Å². The summed E-state index contributed by atoms with van der Waals surface area (Å²) in [6.07, 6.45) is 1.66. The fourth-order valence-electron chi connectivity index (χ4n) is 2.05. The van der Waals surface area contributed by atoms with E-state index < -0.39 is 0 Å². The van der Waals surface area contributed by atoms with Crippen LogP contribution in [0.15, 0.2) is 30.6 Å². The maximum absolute atomic E-state index is 9.03. The maximum atomic E-state index is 9.03. The lowest BCUT2D eigenvalue weighted by molar-refractivity contribution is 0.282. The normalized spacial score (nSPS) is 11.1. The summed E-state index contributed by atoms with van der Waals surface area (Å²) in [5.41, 5.74) is 14.5. The Morgan fingerprint density at radius 3 is 2.45 bits per heavy atom. The molecule has 1 aromatic carbocycles. The second kappa shape index (κ2) is 4.78. The third-order valence-electron chi connectivity index (χ3n) is 3.07. The van der Waals surface area contributed by atoms with Crippen LogP contribution in [0.25, 0.3) is 11.2 Å². The van der Waals surface area contributed by atoms with Gasteiger partial charge in [-0.1, -0.05) is 24.3 Å². The number of aliphatic hydroxyl groups excluding tert-OH is 1. The molecule has 0 bridgehead atoms. The number of nitrogens with zero attached hydrogens (tertiary/aromatic N) is 4. The Hall–Kier alpha value is -2.67. The molecule has 3 aromatic rings. The lowest BCUT2D eigenvalue weighted by Gasteiger charge is -2.05. The molecule has 0 unspecified atom stereocenters. The Balaban J connectivity index is 1.97. The summed E-state index contributed by atoms with van der Waals surface area (Å²) in [6, 6.07) is 7.66. The zero-order valence-electron chi connectivity index (χ0n) is 10.7. The van der Waals surface area contributed by atoms with Crippen LogP contribution < -0.4 is 11.5 Å². The summed E-state index contributed by atoms with van der Waals surface area (Å²) in [5.74, 6) is 0.411. The van der Waals surface area contributed by atoms with E-state index in [1.807, 2.05) is 28.8 Å². The summed E-state index contributed by atoms with van der Waals surface area (Å²) in [4.78, 5) is 12.3. The van der Waals surface area contributed by atoms with E-state index in [1.165, 1.54) is 0 Å². The minimum absolute atomic E-state index is 0.0363. The third-order valence-corrected chi connectivity index (χ3v) is 3.07. The summed E-state index contributed by atoms with van der Waals surface area (Å²) < 4.78 is 1.86. The van der Waals surface area contributed by atoms with Gasteiger partial charge < -0.3 is 21.1 Å². The van der Waals surface area contributed by atoms with Gasteiger partial charge in [-0.05, 0) is 11.1 Å². The molecule has 0 aliphatic rings. The molecule has 102 valence electrons. The van der Waals surface area contributed by atoms with E-state index in [0.29, 0.717) is 17.7 Å². The number of benzene rings is 1. The van der Waals surface area contributed by atoms with E-state index in [1.54, 1.807) is 6.33 Å². The molecule has 0 radical (unpaired) electrons.